The van der Waals surface area contributed by atoms with E-state index in [1.165, 1.54) is 4.57 Å². The fourth-order valence-corrected chi connectivity index (χ4v) is 7.74. The van der Waals surface area contributed by atoms with Gasteiger partial charge in [-0.1, -0.05) is 188 Å². The number of hydrogen-bond donors (Lipinski definition) is 0. The van der Waals surface area contributed by atoms with E-state index in [0.717, 1.165) is 22.3 Å². The number of aromatic nitrogens is 4. The highest BCUT2D eigenvalue weighted by Crippen LogP contribution is 2.43. The lowest BCUT2D eigenvalue weighted by molar-refractivity contribution is 1.06. The van der Waals surface area contributed by atoms with Gasteiger partial charge in [-0.2, -0.15) is 0 Å². The van der Waals surface area contributed by atoms with Crippen LogP contribution in [0.3, 0.4) is 0 Å². The maximum Gasteiger partial charge on any atom is 0.166 e. The molecule has 0 saturated carbocycles. The molecule has 0 bridgehead atoms. The molecule has 0 amide bonds. The Kier molecular flexibility index (Phi) is 6.44. The topological polar surface area (TPSA) is 43.6 Å². The highest BCUT2D eigenvalue weighted by Gasteiger charge is 2.23. The Balaban J connectivity index is 1.35. The summed E-state index contributed by atoms with van der Waals surface area (Å²) in [6, 6.07) is 42.3. The molecule has 286 valence electrons. The van der Waals surface area contributed by atoms with Gasteiger partial charge in [0.2, 0.25) is 0 Å². The summed E-state index contributed by atoms with van der Waals surface area (Å²) in [4.78, 5) is 15.2. The minimum atomic E-state index is -0.709. The highest BCUT2D eigenvalue weighted by atomic mass is 15.1. The van der Waals surface area contributed by atoms with Gasteiger partial charge < -0.3 is 4.57 Å². The summed E-state index contributed by atoms with van der Waals surface area (Å²) >= 11 is 0. The zero-order valence-corrected chi connectivity index (χ0v) is 32.3. The van der Waals surface area contributed by atoms with Crippen LogP contribution in [0.5, 0.6) is 0 Å². The molecule has 0 N–H and O–H groups in total. The number of para-hydroxylation sites is 2. The van der Waals surface area contributed by atoms with Crippen LogP contribution < -0.4 is 0 Å². The molecule has 61 heavy (non-hydrogen) atoms. The fourth-order valence-electron chi connectivity index (χ4n) is 7.74. The van der Waals surface area contributed by atoms with E-state index in [9.17, 15) is 6.85 Å². The second-order valence-electron chi connectivity index (χ2n) is 14.3. The molecule has 9 aromatic carbocycles. The van der Waals surface area contributed by atoms with Gasteiger partial charge in [-0.15, -0.1) is 0 Å². The van der Waals surface area contributed by atoms with Crippen LogP contribution in [0.25, 0.3) is 106 Å². The molecule has 0 aliphatic rings. The number of nitrogens with zero attached hydrogens (tertiary/aromatic N) is 4. The average molecular weight is 791 g/mol. The number of hydrogen-bond acceptors (Lipinski definition) is 3. The summed E-state index contributed by atoms with van der Waals surface area (Å²) in [6.07, 6.45) is 0. The number of fused-ring (bicyclic) bond motifs is 3. The van der Waals surface area contributed by atoms with Crippen molar-refractivity contribution in [3.8, 4) is 84.4 Å². The number of rotatable bonds is 8. The van der Waals surface area contributed by atoms with Crippen LogP contribution in [-0.4, -0.2) is 19.5 Å². The molecular formula is C57H38N4. The summed E-state index contributed by atoms with van der Waals surface area (Å²) < 4.78 is 111. The Morgan fingerprint density at radius 1 is 0.328 bits per heavy atom. The van der Waals surface area contributed by atoms with Crippen molar-refractivity contribution < 1.29 is 16.4 Å². The minimum Gasteiger partial charge on any atom is -0.308 e. The quantitative estimate of drug-likeness (QED) is 0.154. The van der Waals surface area contributed by atoms with E-state index < -0.39 is 83.6 Å². The van der Waals surface area contributed by atoms with Gasteiger partial charge in [-0.05, 0) is 81.3 Å². The lowest BCUT2D eigenvalue weighted by Gasteiger charge is -2.20. The third kappa shape index (κ3) is 6.76. The number of benzene rings is 9. The summed E-state index contributed by atoms with van der Waals surface area (Å²) in [7, 11) is 0. The first-order valence-corrected chi connectivity index (χ1v) is 19.6. The maximum atomic E-state index is 9.97. The van der Waals surface area contributed by atoms with Gasteiger partial charge in [0.15, 0.2) is 17.5 Å². The van der Waals surface area contributed by atoms with Gasteiger partial charge in [0.25, 0.3) is 0 Å². The minimum absolute atomic E-state index is 0.141. The van der Waals surface area contributed by atoms with Crippen LogP contribution in [0.1, 0.15) is 16.4 Å². The standard InChI is InChI=1S/C57H38N4/c1-6-19-39(20-7-1)44-33-34-53-51(38-44)49-29-16-17-32-52(49)61(53)54-48(47-36-45(40-21-8-2-9-22-40)35-46(37-47)41-23-10-3-11-24-41)30-18-31-50(54)57-59-55(42-25-12-4-13-26-42)58-56(60-57)43-27-14-5-15-28-43/h1-38H/i1D,6D,7D,16D,17D,19D,20D,29D,32D,33D,34D,38D. The van der Waals surface area contributed by atoms with E-state index >= 15 is 0 Å². The molecule has 0 spiro atoms. The molecule has 4 heteroatoms. The van der Waals surface area contributed by atoms with Crippen molar-refractivity contribution >= 4 is 21.8 Å². The maximum absolute atomic E-state index is 9.97. The zero-order chi connectivity index (χ0) is 51.0. The van der Waals surface area contributed by atoms with Crippen LogP contribution in [0.4, 0.5) is 0 Å². The van der Waals surface area contributed by atoms with Crippen LogP contribution in [0.2, 0.25) is 0 Å². The Labute approximate surface area is 371 Å². The molecule has 0 radical (unpaired) electrons. The molecule has 11 aromatic rings. The molecule has 0 unspecified atom stereocenters. The predicted molar refractivity (Wildman–Crippen MR) is 252 cm³/mol. The van der Waals surface area contributed by atoms with Crippen molar-refractivity contribution in [2.45, 2.75) is 0 Å². The van der Waals surface area contributed by atoms with Crippen molar-refractivity contribution in [1.29, 1.82) is 0 Å². The molecule has 0 aliphatic carbocycles. The van der Waals surface area contributed by atoms with Crippen molar-refractivity contribution in [2.24, 2.45) is 0 Å². The van der Waals surface area contributed by atoms with Crippen molar-refractivity contribution in [3.63, 3.8) is 0 Å². The average Bonchev–Trinajstić information content (AvgIpc) is 3.80. The first-order valence-electron chi connectivity index (χ1n) is 25.6. The van der Waals surface area contributed by atoms with E-state index in [1.54, 1.807) is 6.07 Å². The zero-order valence-electron chi connectivity index (χ0n) is 44.3. The summed E-state index contributed by atoms with van der Waals surface area (Å²) in [6.45, 7) is 0. The van der Waals surface area contributed by atoms with Crippen LogP contribution in [0, 0.1) is 0 Å². The smallest absolute Gasteiger partial charge is 0.166 e. The molecule has 4 nitrogen and oxygen atoms in total. The van der Waals surface area contributed by atoms with E-state index in [0.29, 0.717) is 39.5 Å². The molecular weight excluding hydrogens is 741 g/mol. The van der Waals surface area contributed by atoms with E-state index in [4.69, 9.17) is 24.5 Å². The van der Waals surface area contributed by atoms with E-state index in [-0.39, 0.29) is 33.3 Å². The van der Waals surface area contributed by atoms with Crippen LogP contribution >= 0.6 is 0 Å². The van der Waals surface area contributed by atoms with Crippen LogP contribution in [0.15, 0.2) is 230 Å². The van der Waals surface area contributed by atoms with Crippen LogP contribution in [-0.2, 0) is 0 Å². The summed E-state index contributed by atoms with van der Waals surface area (Å²) in [5, 5.41) is -0.373. The van der Waals surface area contributed by atoms with Crippen molar-refractivity contribution in [1.82, 2.24) is 19.5 Å². The summed E-state index contributed by atoms with van der Waals surface area (Å²) in [5.74, 6) is 0.810. The van der Waals surface area contributed by atoms with Gasteiger partial charge in [0.05, 0.1) is 33.2 Å². The van der Waals surface area contributed by atoms with Gasteiger partial charge >= 0.3 is 0 Å². The van der Waals surface area contributed by atoms with E-state index in [1.807, 2.05) is 146 Å². The predicted octanol–water partition coefficient (Wildman–Crippen LogP) is 14.6. The van der Waals surface area contributed by atoms with Gasteiger partial charge in [-0.25, -0.2) is 15.0 Å². The molecule has 2 heterocycles. The molecule has 0 fully saturated rings. The van der Waals surface area contributed by atoms with Crippen molar-refractivity contribution in [2.75, 3.05) is 0 Å². The van der Waals surface area contributed by atoms with Gasteiger partial charge in [-0.3, -0.25) is 0 Å². The molecule has 0 saturated heterocycles. The Bertz CT molecular complexity index is 3750. The highest BCUT2D eigenvalue weighted by molar-refractivity contribution is 6.11. The third-order valence-corrected chi connectivity index (χ3v) is 10.6. The molecule has 11 rings (SSSR count). The molecule has 0 aliphatic heterocycles. The fraction of sp³-hybridized carbons (Fsp3) is 0. The molecule has 2 aromatic heterocycles. The lowest BCUT2D eigenvalue weighted by atomic mass is 9.91. The third-order valence-electron chi connectivity index (χ3n) is 10.6. The largest absolute Gasteiger partial charge is 0.308 e. The monoisotopic (exact) mass is 790 g/mol. The Morgan fingerprint density at radius 2 is 0.820 bits per heavy atom. The Morgan fingerprint density at radius 3 is 1.43 bits per heavy atom. The molecule has 0 atom stereocenters. The summed E-state index contributed by atoms with van der Waals surface area (Å²) in [5.41, 5.74) is 5.34. The SMILES string of the molecule is [2H]c1c([2H])c([2H])c(-c2c([2H])c([2H])c3c(c2[2H])c2c([2H])c([2H])c([2H])c([2H])c2n3-c2c(-c3cc(-c4ccccc4)cc(-c4ccccc4)c3)cccc2-c2nc(-c3ccccc3)nc(-c3ccccc3)n2)c([2H])c1[2H]. The van der Waals surface area contributed by atoms with Gasteiger partial charge in [0.1, 0.15) is 0 Å². The van der Waals surface area contributed by atoms with E-state index in [2.05, 4.69) is 6.07 Å². The first kappa shape index (κ1) is 25.3. The second-order valence-corrected chi connectivity index (χ2v) is 14.3. The van der Waals surface area contributed by atoms with Crippen molar-refractivity contribution in [3.05, 3.63) is 230 Å². The lowest BCUT2D eigenvalue weighted by Crippen LogP contribution is -2.05. The second kappa shape index (κ2) is 15.5. The normalized spacial score (nSPS) is 14.0. The van der Waals surface area contributed by atoms with Gasteiger partial charge in [0, 0.05) is 33.0 Å². The Hall–Kier alpha value is -8.21. The first-order chi connectivity index (χ1) is 35.2.